The van der Waals surface area contributed by atoms with Crippen molar-refractivity contribution in [1.29, 1.82) is 0 Å². The Bertz CT molecular complexity index is 491. The van der Waals surface area contributed by atoms with E-state index in [1.807, 2.05) is 9.80 Å². The van der Waals surface area contributed by atoms with E-state index in [0.29, 0.717) is 43.9 Å². The maximum atomic E-state index is 13.6. The van der Waals surface area contributed by atoms with E-state index < -0.39 is 11.6 Å². The Kier molecular flexibility index (Phi) is 4.14. The first-order valence-corrected chi connectivity index (χ1v) is 6.02. The van der Waals surface area contributed by atoms with Crippen molar-refractivity contribution in [3.63, 3.8) is 0 Å². The van der Waals surface area contributed by atoms with Gasteiger partial charge in [-0.15, -0.1) is 0 Å². The molecule has 0 atom stereocenters. The van der Waals surface area contributed by atoms with Gasteiger partial charge in [-0.25, -0.2) is 13.2 Å². The number of benzene rings is 1. The number of halogens is 3. The highest BCUT2D eigenvalue weighted by atomic mass is 19.1. The van der Waals surface area contributed by atoms with Gasteiger partial charge in [0.1, 0.15) is 11.6 Å². The zero-order valence-electron chi connectivity index (χ0n) is 10.5. The zero-order chi connectivity index (χ0) is 13.8. The minimum atomic E-state index is -0.582. The molecule has 0 amide bonds. The minimum absolute atomic E-state index is 0.396. The molecule has 2 rings (SSSR count). The fourth-order valence-corrected chi connectivity index (χ4v) is 2.15. The topological polar surface area (TPSA) is 6.48 Å². The molecule has 5 heteroatoms. The second-order valence-electron chi connectivity index (χ2n) is 4.35. The molecule has 1 aliphatic heterocycles. The molecule has 1 aromatic rings. The van der Waals surface area contributed by atoms with Crippen LogP contribution in [-0.4, -0.2) is 31.1 Å². The quantitative estimate of drug-likeness (QED) is 0.777. The number of piperazine rings is 1. The van der Waals surface area contributed by atoms with Gasteiger partial charge in [0.15, 0.2) is 0 Å². The number of hydrogen-bond acceptors (Lipinski definition) is 2. The number of anilines is 1. The van der Waals surface area contributed by atoms with Gasteiger partial charge in [0.05, 0.1) is 12.0 Å². The van der Waals surface area contributed by atoms with Crippen LogP contribution in [0.15, 0.2) is 42.9 Å². The molecule has 102 valence electrons. The second kappa shape index (κ2) is 5.82. The Balaban J connectivity index is 2.02. The molecule has 0 spiro atoms. The predicted octanol–water partition coefficient (Wildman–Crippen LogP) is 3.08. The molecule has 1 fully saturated rings. The van der Waals surface area contributed by atoms with Crippen LogP contribution in [-0.2, 0) is 0 Å². The molecule has 1 saturated heterocycles. The van der Waals surface area contributed by atoms with Gasteiger partial charge in [-0.2, -0.15) is 0 Å². The van der Waals surface area contributed by atoms with Gasteiger partial charge in [-0.05, 0) is 18.2 Å². The number of rotatable bonds is 3. The molecular formula is C14H15F3N2. The van der Waals surface area contributed by atoms with Gasteiger partial charge in [0.2, 0.25) is 0 Å². The smallest absolute Gasteiger partial charge is 0.149 e. The van der Waals surface area contributed by atoms with Crippen molar-refractivity contribution >= 4 is 5.69 Å². The summed E-state index contributed by atoms with van der Waals surface area (Å²) in [6.07, 6.45) is 1.75. The fraction of sp³-hybridized carbons (Fsp3) is 0.286. The zero-order valence-corrected chi connectivity index (χ0v) is 10.5. The molecule has 19 heavy (non-hydrogen) atoms. The summed E-state index contributed by atoms with van der Waals surface area (Å²) in [5, 5.41) is 0. The van der Waals surface area contributed by atoms with E-state index in [2.05, 4.69) is 6.58 Å². The van der Waals surface area contributed by atoms with Crippen LogP contribution < -0.4 is 4.90 Å². The summed E-state index contributed by atoms with van der Waals surface area (Å²) in [5.74, 6) is -1.14. The average molecular weight is 268 g/mol. The van der Waals surface area contributed by atoms with Crippen molar-refractivity contribution < 1.29 is 13.2 Å². The lowest BCUT2D eigenvalue weighted by molar-refractivity contribution is 0.329. The standard InChI is InChI=1S/C14H15F3N2/c1-11(4-5-15)18-6-8-19(9-7-18)14-3-2-12(16)10-13(14)17/h2-5,10H,1,6-9H2. The monoisotopic (exact) mass is 268 g/mol. The van der Waals surface area contributed by atoms with Crippen LogP contribution in [0.25, 0.3) is 0 Å². The van der Waals surface area contributed by atoms with E-state index in [-0.39, 0.29) is 0 Å². The third-order valence-electron chi connectivity index (χ3n) is 3.19. The molecule has 0 N–H and O–H groups in total. The van der Waals surface area contributed by atoms with Crippen molar-refractivity contribution in [3.8, 4) is 0 Å². The highest BCUT2D eigenvalue weighted by molar-refractivity contribution is 5.48. The van der Waals surface area contributed by atoms with Crippen molar-refractivity contribution in [2.45, 2.75) is 0 Å². The van der Waals surface area contributed by atoms with E-state index >= 15 is 0 Å². The highest BCUT2D eigenvalue weighted by Crippen LogP contribution is 2.22. The summed E-state index contributed by atoms with van der Waals surface area (Å²) < 4.78 is 38.6. The van der Waals surface area contributed by atoms with Gasteiger partial charge >= 0.3 is 0 Å². The van der Waals surface area contributed by atoms with Crippen LogP contribution in [0.1, 0.15) is 0 Å². The molecule has 0 aromatic heterocycles. The Morgan fingerprint density at radius 3 is 2.42 bits per heavy atom. The van der Waals surface area contributed by atoms with E-state index in [1.54, 1.807) is 0 Å². The molecular weight excluding hydrogens is 253 g/mol. The Morgan fingerprint density at radius 2 is 1.84 bits per heavy atom. The number of allylic oxidation sites excluding steroid dienone is 1. The minimum Gasteiger partial charge on any atom is -0.368 e. The van der Waals surface area contributed by atoms with Crippen LogP contribution in [0.3, 0.4) is 0 Å². The lowest BCUT2D eigenvalue weighted by Gasteiger charge is -2.37. The summed E-state index contributed by atoms with van der Waals surface area (Å²) in [7, 11) is 0. The third kappa shape index (κ3) is 3.10. The van der Waals surface area contributed by atoms with E-state index in [1.165, 1.54) is 18.2 Å². The maximum absolute atomic E-state index is 13.6. The van der Waals surface area contributed by atoms with E-state index in [0.717, 1.165) is 6.07 Å². The number of hydrogen-bond donors (Lipinski definition) is 0. The molecule has 2 nitrogen and oxygen atoms in total. The average Bonchev–Trinajstić information content (AvgIpc) is 2.39. The molecule has 1 aliphatic rings. The largest absolute Gasteiger partial charge is 0.368 e. The Morgan fingerprint density at radius 1 is 1.16 bits per heavy atom. The van der Waals surface area contributed by atoms with Gasteiger partial charge in [-0.3, -0.25) is 0 Å². The van der Waals surface area contributed by atoms with Gasteiger partial charge in [-0.1, -0.05) is 6.58 Å². The lowest BCUT2D eigenvalue weighted by Crippen LogP contribution is -2.45. The van der Waals surface area contributed by atoms with Gasteiger partial charge in [0, 0.05) is 37.9 Å². The second-order valence-corrected chi connectivity index (χ2v) is 4.35. The van der Waals surface area contributed by atoms with Crippen LogP contribution in [0.4, 0.5) is 18.9 Å². The molecule has 1 aromatic carbocycles. The summed E-state index contributed by atoms with van der Waals surface area (Å²) >= 11 is 0. The van der Waals surface area contributed by atoms with Crippen LogP contribution in [0.2, 0.25) is 0 Å². The van der Waals surface area contributed by atoms with E-state index in [4.69, 9.17) is 0 Å². The molecule has 0 saturated carbocycles. The molecule has 0 unspecified atom stereocenters. The molecule has 0 bridgehead atoms. The molecule has 0 aliphatic carbocycles. The first kappa shape index (κ1) is 13.5. The van der Waals surface area contributed by atoms with E-state index in [9.17, 15) is 13.2 Å². The molecule has 0 radical (unpaired) electrons. The lowest BCUT2D eigenvalue weighted by atomic mass is 10.2. The predicted molar refractivity (Wildman–Crippen MR) is 69.5 cm³/mol. The van der Waals surface area contributed by atoms with Gasteiger partial charge < -0.3 is 9.80 Å². The summed E-state index contributed by atoms with van der Waals surface area (Å²) in [6, 6.07) is 3.57. The fourth-order valence-electron chi connectivity index (χ4n) is 2.15. The Hall–Kier alpha value is -1.91. The number of nitrogens with zero attached hydrogens (tertiary/aromatic N) is 2. The highest BCUT2D eigenvalue weighted by Gasteiger charge is 2.19. The summed E-state index contributed by atoms with van der Waals surface area (Å²) in [6.45, 7) is 6.17. The van der Waals surface area contributed by atoms with Crippen molar-refractivity contribution in [1.82, 2.24) is 4.90 Å². The SMILES string of the molecule is C=C(C=CF)N1CCN(c2ccc(F)cc2F)CC1. The summed E-state index contributed by atoms with van der Waals surface area (Å²) in [5.41, 5.74) is 0.995. The van der Waals surface area contributed by atoms with Crippen molar-refractivity contribution in [2.24, 2.45) is 0 Å². The maximum Gasteiger partial charge on any atom is 0.149 e. The first-order chi connectivity index (χ1) is 9.11. The summed E-state index contributed by atoms with van der Waals surface area (Å²) in [4.78, 5) is 3.77. The van der Waals surface area contributed by atoms with Crippen molar-refractivity contribution in [2.75, 3.05) is 31.1 Å². The van der Waals surface area contributed by atoms with Crippen LogP contribution >= 0.6 is 0 Å². The normalized spacial score (nSPS) is 16.2. The molecule has 1 heterocycles. The van der Waals surface area contributed by atoms with Crippen LogP contribution in [0, 0.1) is 11.6 Å². The van der Waals surface area contributed by atoms with Gasteiger partial charge in [0.25, 0.3) is 0 Å². The van der Waals surface area contributed by atoms with Crippen molar-refractivity contribution in [3.05, 3.63) is 54.5 Å². The third-order valence-corrected chi connectivity index (χ3v) is 3.19. The Labute approximate surface area is 110 Å². The first-order valence-electron chi connectivity index (χ1n) is 6.02. The van der Waals surface area contributed by atoms with Crippen LogP contribution in [0.5, 0.6) is 0 Å².